The van der Waals surface area contributed by atoms with Gasteiger partial charge in [0, 0.05) is 24.5 Å². The lowest BCUT2D eigenvalue weighted by molar-refractivity contribution is -0.141. The van der Waals surface area contributed by atoms with E-state index in [0.29, 0.717) is 36.9 Å². The Balaban J connectivity index is 2.23. The van der Waals surface area contributed by atoms with E-state index in [0.717, 1.165) is 16.9 Å². The molecular weight excluding hydrogens is 412 g/mol. The lowest BCUT2D eigenvalue weighted by atomic mass is 10.1. The average molecular weight is 445 g/mol. The first kappa shape index (κ1) is 24.7. The molecule has 0 aromatic heterocycles. The molecule has 0 unspecified atom stereocenters. The fourth-order valence-corrected chi connectivity index (χ4v) is 3.63. The monoisotopic (exact) mass is 444 g/mol. The third-order valence-electron chi connectivity index (χ3n) is 5.12. The van der Waals surface area contributed by atoms with Crippen LogP contribution in [0, 0.1) is 5.92 Å². The van der Waals surface area contributed by atoms with Crippen LogP contribution < -0.4 is 10.1 Å². The molecule has 1 atom stereocenters. The Hall–Kier alpha value is -2.53. The van der Waals surface area contributed by atoms with Crippen LogP contribution in [0.4, 0.5) is 0 Å². The molecule has 0 spiro atoms. The quantitative estimate of drug-likeness (QED) is 0.538. The fraction of sp³-hybridized carbons (Fsp3) is 0.440. The fourth-order valence-electron chi connectivity index (χ4n) is 3.40. The predicted octanol–water partition coefficient (Wildman–Crippen LogP) is 4.86. The first-order valence-corrected chi connectivity index (χ1v) is 11.2. The minimum atomic E-state index is -0.538. The summed E-state index contributed by atoms with van der Waals surface area (Å²) in [5, 5.41) is 3.63. The minimum Gasteiger partial charge on any atom is -0.497 e. The SMILES string of the molecule is CC[C@H](C(=O)NCC(C)C)N(Cc1cccc(OC)c1)C(=O)CCc1ccccc1Cl. The summed E-state index contributed by atoms with van der Waals surface area (Å²) in [7, 11) is 1.61. The Kier molecular flexibility index (Phi) is 9.86. The maximum Gasteiger partial charge on any atom is 0.242 e. The van der Waals surface area contributed by atoms with Gasteiger partial charge in [-0.05, 0) is 48.1 Å². The Morgan fingerprint density at radius 1 is 1.13 bits per heavy atom. The van der Waals surface area contributed by atoms with E-state index in [2.05, 4.69) is 5.32 Å². The van der Waals surface area contributed by atoms with Gasteiger partial charge in [-0.2, -0.15) is 0 Å². The predicted molar refractivity (Wildman–Crippen MR) is 125 cm³/mol. The molecule has 0 aliphatic rings. The number of hydrogen-bond acceptors (Lipinski definition) is 3. The van der Waals surface area contributed by atoms with Gasteiger partial charge in [0.25, 0.3) is 0 Å². The molecule has 0 fully saturated rings. The van der Waals surface area contributed by atoms with Gasteiger partial charge in [-0.25, -0.2) is 0 Å². The summed E-state index contributed by atoms with van der Waals surface area (Å²) < 4.78 is 5.32. The molecule has 0 heterocycles. The highest BCUT2D eigenvalue weighted by Gasteiger charge is 2.28. The lowest BCUT2D eigenvalue weighted by Gasteiger charge is -2.31. The third-order valence-corrected chi connectivity index (χ3v) is 5.49. The van der Waals surface area contributed by atoms with Crippen LogP contribution >= 0.6 is 11.6 Å². The standard InChI is InChI=1S/C25H33ClN2O3/c1-5-23(25(30)27-16-18(2)3)28(17-19-9-8-11-21(15-19)31-4)24(29)14-13-20-10-6-7-12-22(20)26/h6-12,15,18,23H,5,13-14,16-17H2,1-4H3,(H,27,30)/t23-/m1/s1. The minimum absolute atomic E-state index is 0.0747. The smallest absolute Gasteiger partial charge is 0.242 e. The zero-order valence-electron chi connectivity index (χ0n) is 18.9. The van der Waals surface area contributed by atoms with Crippen molar-refractivity contribution in [2.45, 2.75) is 52.6 Å². The van der Waals surface area contributed by atoms with Gasteiger partial charge in [0.2, 0.25) is 11.8 Å². The molecule has 5 nitrogen and oxygen atoms in total. The van der Waals surface area contributed by atoms with Crippen molar-refractivity contribution in [3.8, 4) is 5.75 Å². The van der Waals surface area contributed by atoms with E-state index in [4.69, 9.17) is 16.3 Å². The van der Waals surface area contributed by atoms with Crippen molar-refractivity contribution < 1.29 is 14.3 Å². The summed E-state index contributed by atoms with van der Waals surface area (Å²) in [4.78, 5) is 27.9. The van der Waals surface area contributed by atoms with E-state index in [1.165, 1.54) is 0 Å². The van der Waals surface area contributed by atoms with E-state index in [-0.39, 0.29) is 18.2 Å². The van der Waals surface area contributed by atoms with E-state index in [1.54, 1.807) is 12.0 Å². The van der Waals surface area contributed by atoms with Gasteiger partial charge in [0.15, 0.2) is 0 Å². The number of methoxy groups -OCH3 is 1. The summed E-state index contributed by atoms with van der Waals surface area (Å²) in [5.41, 5.74) is 1.84. The van der Waals surface area contributed by atoms with E-state index in [9.17, 15) is 9.59 Å². The van der Waals surface area contributed by atoms with Crippen LogP contribution in [-0.2, 0) is 22.6 Å². The molecule has 0 aliphatic heterocycles. The Bertz CT molecular complexity index is 869. The molecule has 0 saturated heterocycles. The summed E-state index contributed by atoms with van der Waals surface area (Å²) in [6.45, 7) is 6.94. The number of halogens is 1. The first-order valence-electron chi connectivity index (χ1n) is 10.8. The Morgan fingerprint density at radius 3 is 2.52 bits per heavy atom. The highest BCUT2D eigenvalue weighted by Crippen LogP contribution is 2.20. The van der Waals surface area contributed by atoms with Gasteiger partial charge in [-0.15, -0.1) is 0 Å². The largest absolute Gasteiger partial charge is 0.497 e. The van der Waals surface area contributed by atoms with Gasteiger partial charge in [0.05, 0.1) is 7.11 Å². The molecular formula is C25H33ClN2O3. The molecule has 0 radical (unpaired) electrons. The molecule has 0 aliphatic carbocycles. The number of aryl methyl sites for hydroxylation is 1. The van der Waals surface area contributed by atoms with Gasteiger partial charge >= 0.3 is 0 Å². The van der Waals surface area contributed by atoms with Crippen LogP contribution in [-0.4, -0.2) is 36.4 Å². The summed E-state index contributed by atoms with van der Waals surface area (Å²) in [6.07, 6.45) is 1.34. The molecule has 0 bridgehead atoms. The zero-order chi connectivity index (χ0) is 22.8. The van der Waals surface area contributed by atoms with Crippen LogP contribution in [0.1, 0.15) is 44.7 Å². The molecule has 168 valence electrons. The molecule has 2 amide bonds. The number of nitrogens with zero attached hydrogens (tertiary/aromatic N) is 1. The van der Waals surface area contributed by atoms with Crippen LogP contribution in [0.2, 0.25) is 5.02 Å². The third kappa shape index (κ3) is 7.59. The second-order valence-corrected chi connectivity index (χ2v) is 8.43. The number of amides is 2. The zero-order valence-corrected chi connectivity index (χ0v) is 19.6. The molecule has 2 rings (SSSR count). The van der Waals surface area contributed by atoms with Crippen molar-refractivity contribution in [1.29, 1.82) is 0 Å². The number of carbonyl (C=O) groups excluding carboxylic acids is 2. The molecule has 2 aromatic rings. The van der Waals surface area contributed by atoms with E-state index in [1.807, 2.05) is 69.3 Å². The highest BCUT2D eigenvalue weighted by atomic mass is 35.5. The summed E-state index contributed by atoms with van der Waals surface area (Å²) in [5.74, 6) is 0.863. The van der Waals surface area contributed by atoms with Crippen LogP contribution in [0.5, 0.6) is 5.75 Å². The maximum atomic E-state index is 13.3. The van der Waals surface area contributed by atoms with Crippen LogP contribution in [0.15, 0.2) is 48.5 Å². The number of benzene rings is 2. The molecule has 31 heavy (non-hydrogen) atoms. The van der Waals surface area contributed by atoms with E-state index >= 15 is 0 Å². The van der Waals surface area contributed by atoms with Crippen molar-refractivity contribution in [1.82, 2.24) is 10.2 Å². The van der Waals surface area contributed by atoms with Gasteiger partial charge in [0.1, 0.15) is 11.8 Å². The number of nitrogens with one attached hydrogen (secondary N) is 1. The van der Waals surface area contributed by atoms with Gasteiger partial charge in [-0.3, -0.25) is 9.59 Å². The van der Waals surface area contributed by atoms with Crippen molar-refractivity contribution >= 4 is 23.4 Å². The molecule has 0 saturated carbocycles. The Morgan fingerprint density at radius 2 is 1.87 bits per heavy atom. The highest BCUT2D eigenvalue weighted by molar-refractivity contribution is 6.31. The average Bonchev–Trinajstić information content (AvgIpc) is 2.76. The maximum absolute atomic E-state index is 13.3. The first-order chi connectivity index (χ1) is 14.8. The topological polar surface area (TPSA) is 58.6 Å². The van der Waals surface area contributed by atoms with Crippen molar-refractivity contribution in [3.63, 3.8) is 0 Å². The van der Waals surface area contributed by atoms with Crippen LogP contribution in [0.25, 0.3) is 0 Å². The van der Waals surface area contributed by atoms with E-state index < -0.39 is 6.04 Å². The number of hydrogen-bond donors (Lipinski definition) is 1. The number of rotatable bonds is 11. The second-order valence-electron chi connectivity index (χ2n) is 8.03. The number of carbonyl (C=O) groups is 2. The molecule has 2 aromatic carbocycles. The second kappa shape index (κ2) is 12.4. The molecule has 1 N–H and O–H groups in total. The Labute approximate surface area is 190 Å². The number of ether oxygens (including phenoxy) is 1. The van der Waals surface area contributed by atoms with Crippen molar-refractivity contribution in [3.05, 3.63) is 64.7 Å². The van der Waals surface area contributed by atoms with Gasteiger partial charge < -0.3 is 15.0 Å². The van der Waals surface area contributed by atoms with Crippen LogP contribution in [0.3, 0.4) is 0 Å². The van der Waals surface area contributed by atoms with Crippen molar-refractivity contribution in [2.24, 2.45) is 5.92 Å². The molecule has 6 heteroatoms. The summed E-state index contributed by atoms with van der Waals surface area (Å²) in [6, 6.07) is 14.6. The van der Waals surface area contributed by atoms with Crippen molar-refractivity contribution in [2.75, 3.05) is 13.7 Å². The summed E-state index contributed by atoms with van der Waals surface area (Å²) >= 11 is 6.26. The normalized spacial score (nSPS) is 11.8. The van der Waals surface area contributed by atoms with Gasteiger partial charge in [-0.1, -0.05) is 62.7 Å². The lowest BCUT2D eigenvalue weighted by Crippen LogP contribution is -2.49.